The number of nitrogens with zero attached hydrogens (tertiary/aromatic N) is 2. The highest BCUT2D eigenvalue weighted by Crippen LogP contribution is 2.31. The normalized spacial score (nSPS) is 11.8. The maximum Gasteiger partial charge on any atom is 0.435 e. The first-order valence-corrected chi connectivity index (χ1v) is 6.87. The number of anilines is 1. The summed E-state index contributed by atoms with van der Waals surface area (Å²) in [4.78, 5) is 25.7. The molecule has 0 saturated carbocycles. The van der Waals surface area contributed by atoms with E-state index in [1.807, 2.05) is 0 Å². The predicted octanol–water partition coefficient (Wildman–Crippen LogP) is 2.61. The van der Waals surface area contributed by atoms with E-state index in [9.17, 15) is 22.8 Å². The summed E-state index contributed by atoms with van der Waals surface area (Å²) < 4.78 is 44.8. The second-order valence-corrected chi connectivity index (χ2v) is 4.92. The highest BCUT2D eigenvalue weighted by molar-refractivity contribution is 6.05. The third kappa shape index (κ3) is 2.90. The number of amides is 1. The molecule has 0 saturated heterocycles. The zero-order valence-corrected chi connectivity index (χ0v) is 12.3. The van der Waals surface area contributed by atoms with Crippen molar-refractivity contribution in [3.63, 3.8) is 0 Å². The minimum atomic E-state index is -4.74. The van der Waals surface area contributed by atoms with E-state index in [1.165, 1.54) is 18.2 Å². The van der Waals surface area contributed by atoms with Crippen molar-refractivity contribution >= 4 is 22.7 Å². The molecule has 2 aromatic heterocycles. The van der Waals surface area contributed by atoms with Crippen LogP contribution in [0.4, 0.5) is 18.9 Å². The van der Waals surface area contributed by atoms with Crippen LogP contribution in [0.25, 0.3) is 11.1 Å². The van der Waals surface area contributed by atoms with Gasteiger partial charge in [-0.3, -0.25) is 14.5 Å². The Morgan fingerprint density at radius 3 is 2.83 bits per heavy atom. The Morgan fingerprint density at radius 1 is 1.42 bits per heavy atom. The van der Waals surface area contributed by atoms with Gasteiger partial charge in [0.05, 0.1) is 11.1 Å². The fourth-order valence-electron chi connectivity index (χ4n) is 2.19. The molecule has 0 fully saturated rings. The summed E-state index contributed by atoms with van der Waals surface area (Å²) in [5.41, 5.74) is -1.03. The Morgan fingerprint density at radius 2 is 2.17 bits per heavy atom. The largest absolute Gasteiger partial charge is 0.435 e. The van der Waals surface area contributed by atoms with Crippen LogP contribution in [0, 0.1) is 0 Å². The Balaban J connectivity index is 1.93. The highest BCUT2D eigenvalue weighted by atomic mass is 19.4. The van der Waals surface area contributed by atoms with Crippen LogP contribution in [-0.2, 0) is 12.7 Å². The summed E-state index contributed by atoms with van der Waals surface area (Å²) >= 11 is 0. The zero-order chi connectivity index (χ0) is 17.5. The SMILES string of the molecule is CCn1cc(C(=O)Nc2ccc3oc(=O)[nH]c3c2)c(C(F)(F)F)n1. The predicted molar refractivity (Wildman–Crippen MR) is 77.7 cm³/mol. The number of hydrogen-bond donors (Lipinski definition) is 2. The summed E-state index contributed by atoms with van der Waals surface area (Å²) in [5.74, 6) is -1.62. The Bertz CT molecular complexity index is 968. The molecule has 1 amide bonds. The molecule has 0 spiro atoms. The van der Waals surface area contributed by atoms with E-state index in [1.54, 1.807) is 6.92 Å². The van der Waals surface area contributed by atoms with E-state index >= 15 is 0 Å². The zero-order valence-electron chi connectivity index (χ0n) is 12.3. The standard InChI is InChI=1S/C14H11F3N4O3/c1-2-21-6-8(11(20-21)14(15,16)17)12(22)18-7-3-4-10-9(5-7)19-13(23)24-10/h3-6H,2H2,1H3,(H,18,22)(H,19,23). The summed E-state index contributed by atoms with van der Waals surface area (Å²) in [6.07, 6.45) is -3.71. The number of carbonyl (C=O) groups excluding carboxylic acids is 1. The van der Waals surface area contributed by atoms with Crippen LogP contribution in [0.15, 0.2) is 33.6 Å². The third-order valence-corrected chi connectivity index (χ3v) is 3.28. The number of nitrogens with one attached hydrogen (secondary N) is 2. The van der Waals surface area contributed by atoms with Crippen molar-refractivity contribution < 1.29 is 22.4 Å². The van der Waals surface area contributed by atoms with Crippen LogP contribution >= 0.6 is 0 Å². The molecule has 126 valence electrons. The molecule has 0 atom stereocenters. The molecule has 3 aromatic rings. The summed E-state index contributed by atoms with van der Waals surface area (Å²) in [7, 11) is 0. The van der Waals surface area contributed by atoms with E-state index in [4.69, 9.17) is 4.42 Å². The van der Waals surface area contributed by atoms with Crippen molar-refractivity contribution in [3.05, 3.63) is 46.2 Å². The maximum absolute atomic E-state index is 13.0. The van der Waals surface area contributed by atoms with Crippen LogP contribution in [0.5, 0.6) is 0 Å². The first-order chi connectivity index (χ1) is 11.3. The van der Waals surface area contributed by atoms with Crippen molar-refractivity contribution in [3.8, 4) is 0 Å². The van der Waals surface area contributed by atoms with Crippen molar-refractivity contribution in [1.82, 2.24) is 14.8 Å². The molecular weight excluding hydrogens is 329 g/mol. The van der Waals surface area contributed by atoms with Crippen molar-refractivity contribution in [2.75, 3.05) is 5.32 Å². The minimum absolute atomic E-state index is 0.193. The third-order valence-electron chi connectivity index (χ3n) is 3.28. The molecular formula is C14H11F3N4O3. The molecule has 0 aliphatic carbocycles. The fourth-order valence-corrected chi connectivity index (χ4v) is 2.19. The van der Waals surface area contributed by atoms with Crippen LogP contribution < -0.4 is 11.1 Å². The molecule has 0 radical (unpaired) electrons. The second kappa shape index (κ2) is 5.55. The first-order valence-electron chi connectivity index (χ1n) is 6.87. The summed E-state index contributed by atoms with van der Waals surface area (Å²) in [6.45, 7) is 1.80. The van der Waals surface area contributed by atoms with E-state index < -0.39 is 29.1 Å². The van der Waals surface area contributed by atoms with Crippen LogP contribution in [-0.4, -0.2) is 20.7 Å². The van der Waals surface area contributed by atoms with Crippen molar-refractivity contribution in [1.29, 1.82) is 0 Å². The number of halogens is 3. The average Bonchev–Trinajstić information content (AvgIpc) is 3.08. The lowest BCUT2D eigenvalue weighted by Gasteiger charge is -2.07. The maximum atomic E-state index is 13.0. The van der Waals surface area contributed by atoms with Gasteiger partial charge in [0.2, 0.25) is 0 Å². The number of alkyl halides is 3. The lowest BCUT2D eigenvalue weighted by Crippen LogP contribution is -2.17. The molecule has 0 unspecified atom stereocenters. The number of aromatic amines is 1. The van der Waals surface area contributed by atoms with Crippen molar-refractivity contribution in [2.45, 2.75) is 19.6 Å². The monoisotopic (exact) mass is 340 g/mol. The summed E-state index contributed by atoms with van der Waals surface area (Å²) in [5, 5.41) is 5.74. The topological polar surface area (TPSA) is 92.9 Å². The van der Waals surface area contributed by atoms with Gasteiger partial charge < -0.3 is 9.73 Å². The molecule has 2 heterocycles. The molecule has 3 rings (SSSR count). The van der Waals surface area contributed by atoms with Crippen molar-refractivity contribution in [2.24, 2.45) is 0 Å². The molecule has 0 aliphatic rings. The molecule has 0 bridgehead atoms. The number of aromatic nitrogens is 3. The Kier molecular flexibility index (Phi) is 3.66. The second-order valence-electron chi connectivity index (χ2n) is 4.92. The van der Waals surface area contributed by atoms with Gasteiger partial charge in [-0.1, -0.05) is 0 Å². The molecule has 7 nitrogen and oxygen atoms in total. The number of fused-ring (bicyclic) bond motifs is 1. The first kappa shape index (κ1) is 15.8. The minimum Gasteiger partial charge on any atom is -0.408 e. The number of carbonyl (C=O) groups is 1. The number of hydrogen-bond acceptors (Lipinski definition) is 4. The van der Waals surface area contributed by atoms with Crippen LogP contribution in [0.3, 0.4) is 0 Å². The molecule has 24 heavy (non-hydrogen) atoms. The number of H-pyrrole nitrogens is 1. The Hall–Kier alpha value is -3.04. The molecule has 0 aliphatic heterocycles. The summed E-state index contributed by atoms with van der Waals surface area (Å²) in [6, 6.07) is 4.22. The number of oxazole rings is 1. The quantitative estimate of drug-likeness (QED) is 0.766. The van der Waals surface area contributed by atoms with Gasteiger partial charge in [0.15, 0.2) is 11.3 Å². The molecule has 10 heteroatoms. The van der Waals surface area contributed by atoms with E-state index in [-0.39, 0.29) is 17.8 Å². The van der Waals surface area contributed by atoms with Gasteiger partial charge in [-0.05, 0) is 25.1 Å². The van der Waals surface area contributed by atoms with Gasteiger partial charge in [0, 0.05) is 18.4 Å². The number of benzene rings is 1. The molecule has 1 aromatic carbocycles. The molecule has 2 N–H and O–H groups in total. The average molecular weight is 340 g/mol. The lowest BCUT2D eigenvalue weighted by atomic mass is 10.2. The van der Waals surface area contributed by atoms with Gasteiger partial charge in [-0.25, -0.2) is 4.79 Å². The Labute approximate surface area is 132 Å². The highest BCUT2D eigenvalue weighted by Gasteiger charge is 2.39. The van der Waals surface area contributed by atoms with E-state index in [2.05, 4.69) is 15.4 Å². The van der Waals surface area contributed by atoms with Gasteiger partial charge in [-0.2, -0.15) is 18.3 Å². The number of aryl methyl sites for hydroxylation is 1. The van der Waals surface area contributed by atoms with Gasteiger partial charge >= 0.3 is 11.9 Å². The van der Waals surface area contributed by atoms with Crippen LogP contribution in [0.1, 0.15) is 23.0 Å². The van der Waals surface area contributed by atoms with Crippen LogP contribution in [0.2, 0.25) is 0 Å². The van der Waals surface area contributed by atoms with E-state index in [0.717, 1.165) is 10.9 Å². The van der Waals surface area contributed by atoms with Gasteiger partial charge in [0.25, 0.3) is 5.91 Å². The lowest BCUT2D eigenvalue weighted by molar-refractivity contribution is -0.141. The van der Waals surface area contributed by atoms with Gasteiger partial charge in [0.1, 0.15) is 0 Å². The van der Waals surface area contributed by atoms with E-state index in [0.29, 0.717) is 5.52 Å². The number of rotatable bonds is 3. The fraction of sp³-hybridized carbons (Fsp3) is 0.214. The van der Waals surface area contributed by atoms with Gasteiger partial charge in [-0.15, -0.1) is 0 Å². The smallest absolute Gasteiger partial charge is 0.408 e.